The molecule has 1 heterocycles. The van der Waals surface area contributed by atoms with Crippen molar-refractivity contribution in [3.8, 4) is 0 Å². The van der Waals surface area contributed by atoms with Crippen LogP contribution in [0.2, 0.25) is 5.02 Å². The van der Waals surface area contributed by atoms with E-state index in [9.17, 15) is 23.9 Å². The maximum absolute atomic E-state index is 13.3. The van der Waals surface area contributed by atoms with Gasteiger partial charge in [-0.15, -0.1) is 0 Å². The highest BCUT2D eigenvalue weighted by Gasteiger charge is 2.45. The lowest BCUT2D eigenvalue weighted by molar-refractivity contribution is -0.140. The number of hydrogen-bond donors (Lipinski definition) is 2. The summed E-state index contributed by atoms with van der Waals surface area (Å²) < 4.78 is 13.3. The molecule has 162 valence electrons. The second kappa shape index (κ2) is 9.75. The molecule has 2 N–H and O–H groups in total. The molecule has 2 aromatic carbocycles. The van der Waals surface area contributed by atoms with Gasteiger partial charge in [0.25, 0.3) is 11.7 Å². The Labute approximate surface area is 183 Å². The van der Waals surface area contributed by atoms with E-state index in [0.29, 0.717) is 29.8 Å². The van der Waals surface area contributed by atoms with Crippen LogP contribution in [0.4, 0.5) is 4.39 Å². The summed E-state index contributed by atoms with van der Waals surface area (Å²) in [6, 6.07) is 10.8. The van der Waals surface area contributed by atoms with Crippen molar-refractivity contribution in [2.75, 3.05) is 6.54 Å². The Balaban J connectivity index is 1.96. The average molecular weight is 446 g/mol. The van der Waals surface area contributed by atoms with Crippen molar-refractivity contribution in [2.24, 2.45) is 0 Å². The van der Waals surface area contributed by atoms with Gasteiger partial charge in [-0.1, -0.05) is 30.2 Å². The number of carbonyl (C=O) groups is 3. The molecule has 1 atom stereocenters. The second-order valence-electron chi connectivity index (χ2n) is 7.26. The maximum atomic E-state index is 13.3. The summed E-state index contributed by atoms with van der Waals surface area (Å²) in [6.07, 6.45) is 1.56. The fourth-order valence-corrected chi connectivity index (χ4v) is 3.73. The smallest absolute Gasteiger partial charge is 0.303 e. The Kier molecular flexibility index (Phi) is 7.07. The Morgan fingerprint density at radius 2 is 1.61 bits per heavy atom. The number of benzene rings is 2. The van der Waals surface area contributed by atoms with E-state index in [2.05, 4.69) is 0 Å². The van der Waals surface area contributed by atoms with E-state index in [1.807, 2.05) is 0 Å². The fourth-order valence-electron chi connectivity index (χ4n) is 3.60. The highest BCUT2D eigenvalue weighted by molar-refractivity contribution is 6.46. The molecule has 8 heteroatoms. The molecule has 1 aliphatic heterocycles. The van der Waals surface area contributed by atoms with Gasteiger partial charge in [0.1, 0.15) is 11.6 Å². The lowest BCUT2D eigenvalue weighted by atomic mass is 9.95. The van der Waals surface area contributed by atoms with Crippen LogP contribution in [0.5, 0.6) is 0 Å². The number of carboxylic acids is 1. The van der Waals surface area contributed by atoms with Gasteiger partial charge in [0.15, 0.2) is 0 Å². The molecular formula is C23H21ClFNO5. The van der Waals surface area contributed by atoms with E-state index in [-0.39, 0.29) is 29.9 Å². The van der Waals surface area contributed by atoms with Crippen molar-refractivity contribution in [3.05, 3.63) is 76.1 Å². The van der Waals surface area contributed by atoms with Crippen LogP contribution in [-0.2, 0) is 14.4 Å². The molecule has 1 saturated heterocycles. The number of nitrogens with zero attached hydrogens (tertiary/aromatic N) is 1. The number of rotatable bonds is 8. The number of aliphatic hydroxyl groups is 1. The number of aliphatic hydroxyl groups excluding tert-OH is 1. The van der Waals surface area contributed by atoms with Crippen molar-refractivity contribution < 1.29 is 29.0 Å². The topological polar surface area (TPSA) is 94.9 Å². The number of carboxylic acid groups (broad SMARTS) is 1. The fraction of sp³-hybridized carbons (Fsp3) is 0.261. The molecule has 0 saturated carbocycles. The number of hydrogen-bond acceptors (Lipinski definition) is 4. The predicted octanol–water partition coefficient (Wildman–Crippen LogP) is 4.55. The summed E-state index contributed by atoms with van der Waals surface area (Å²) in [5.41, 5.74) is 0.738. The van der Waals surface area contributed by atoms with Crippen molar-refractivity contribution in [1.82, 2.24) is 4.90 Å². The number of unbranched alkanes of at least 4 members (excludes halogenated alkanes) is 2. The predicted molar refractivity (Wildman–Crippen MR) is 113 cm³/mol. The Bertz CT molecular complexity index is 1020. The molecule has 0 aromatic heterocycles. The van der Waals surface area contributed by atoms with Gasteiger partial charge in [-0.05, 0) is 54.8 Å². The zero-order valence-electron chi connectivity index (χ0n) is 16.6. The largest absolute Gasteiger partial charge is 0.507 e. The first-order valence-corrected chi connectivity index (χ1v) is 10.2. The van der Waals surface area contributed by atoms with Crippen LogP contribution >= 0.6 is 11.6 Å². The number of ketones is 1. The number of Topliss-reactive ketones (excluding diaryl/α,β-unsaturated/α-hetero) is 1. The molecule has 1 amide bonds. The van der Waals surface area contributed by atoms with Gasteiger partial charge in [0.2, 0.25) is 0 Å². The molecule has 0 spiro atoms. The summed E-state index contributed by atoms with van der Waals surface area (Å²) in [5, 5.41) is 20.1. The van der Waals surface area contributed by atoms with Crippen molar-refractivity contribution in [1.29, 1.82) is 0 Å². The number of halogens is 2. The summed E-state index contributed by atoms with van der Waals surface area (Å²) in [5.74, 6) is -3.34. The van der Waals surface area contributed by atoms with Gasteiger partial charge in [-0.25, -0.2) is 4.39 Å². The van der Waals surface area contributed by atoms with Gasteiger partial charge in [0, 0.05) is 23.6 Å². The Morgan fingerprint density at radius 1 is 0.968 bits per heavy atom. The average Bonchev–Trinajstić information content (AvgIpc) is 2.99. The van der Waals surface area contributed by atoms with Crippen LogP contribution in [0.3, 0.4) is 0 Å². The monoisotopic (exact) mass is 445 g/mol. The van der Waals surface area contributed by atoms with Crippen molar-refractivity contribution >= 4 is 35.0 Å². The third-order valence-electron chi connectivity index (χ3n) is 5.13. The SMILES string of the molecule is O=C(O)CCCCCN1C(=O)C(=O)C(=C(O)c2ccc(F)cc2)C1c1ccc(Cl)cc1. The maximum Gasteiger partial charge on any atom is 0.303 e. The summed E-state index contributed by atoms with van der Waals surface area (Å²) in [4.78, 5) is 37.7. The zero-order valence-corrected chi connectivity index (χ0v) is 17.3. The lowest BCUT2D eigenvalue weighted by Gasteiger charge is -2.25. The molecule has 6 nitrogen and oxygen atoms in total. The third kappa shape index (κ3) is 5.11. The first-order valence-electron chi connectivity index (χ1n) is 9.81. The number of amides is 1. The van der Waals surface area contributed by atoms with Crippen LogP contribution in [0.1, 0.15) is 42.9 Å². The standard InChI is InChI=1S/C23H21ClFNO5/c24-16-9-5-14(6-10-16)20-19(21(29)15-7-11-17(25)12-8-15)22(30)23(31)26(20)13-3-1-2-4-18(27)28/h5-12,20,29H,1-4,13H2,(H,27,28). The number of carbonyl (C=O) groups excluding carboxylic acids is 2. The normalized spacial score (nSPS) is 17.9. The highest BCUT2D eigenvalue weighted by atomic mass is 35.5. The summed E-state index contributed by atoms with van der Waals surface area (Å²) >= 11 is 5.97. The third-order valence-corrected chi connectivity index (χ3v) is 5.38. The molecule has 1 unspecified atom stereocenters. The van der Waals surface area contributed by atoms with Crippen LogP contribution in [0.15, 0.2) is 54.1 Å². The van der Waals surface area contributed by atoms with Gasteiger partial charge >= 0.3 is 5.97 Å². The highest BCUT2D eigenvalue weighted by Crippen LogP contribution is 2.39. The van der Waals surface area contributed by atoms with E-state index < -0.39 is 29.5 Å². The molecular weight excluding hydrogens is 425 g/mol. The molecule has 31 heavy (non-hydrogen) atoms. The molecule has 2 aromatic rings. The Morgan fingerprint density at radius 3 is 2.23 bits per heavy atom. The summed E-state index contributed by atoms with van der Waals surface area (Å²) in [6.45, 7) is 0.220. The van der Waals surface area contributed by atoms with Crippen LogP contribution in [0, 0.1) is 5.82 Å². The zero-order chi connectivity index (χ0) is 22.5. The second-order valence-corrected chi connectivity index (χ2v) is 7.69. The van der Waals surface area contributed by atoms with Crippen molar-refractivity contribution in [3.63, 3.8) is 0 Å². The van der Waals surface area contributed by atoms with Gasteiger partial charge in [-0.3, -0.25) is 14.4 Å². The lowest BCUT2D eigenvalue weighted by Crippen LogP contribution is -2.30. The van der Waals surface area contributed by atoms with E-state index in [4.69, 9.17) is 16.7 Å². The first-order chi connectivity index (χ1) is 14.8. The molecule has 0 bridgehead atoms. The number of likely N-dealkylation sites (tertiary alicyclic amines) is 1. The van der Waals surface area contributed by atoms with Crippen LogP contribution in [-0.4, -0.2) is 39.3 Å². The van der Waals surface area contributed by atoms with Crippen LogP contribution in [0.25, 0.3) is 5.76 Å². The minimum absolute atomic E-state index is 0.0317. The van der Waals surface area contributed by atoms with E-state index in [1.54, 1.807) is 24.3 Å². The molecule has 1 aliphatic rings. The Hall–Kier alpha value is -3.19. The van der Waals surface area contributed by atoms with Gasteiger partial charge < -0.3 is 15.1 Å². The molecule has 0 aliphatic carbocycles. The quantitative estimate of drug-likeness (QED) is 0.269. The summed E-state index contributed by atoms with van der Waals surface area (Å²) in [7, 11) is 0. The van der Waals surface area contributed by atoms with Crippen molar-refractivity contribution in [2.45, 2.75) is 31.7 Å². The minimum Gasteiger partial charge on any atom is -0.507 e. The van der Waals surface area contributed by atoms with E-state index >= 15 is 0 Å². The molecule has 3 rings (SSSR count). The number of aliphatic carboxylic acids is 1. The first kappa shape index (κ1) is 22.5. The molecule has 0 radical (unpaired) electrons. The van der Waals surface area contributed by atoms with Crippen LogP contribution < -0.4 is 0 Å². The van der Waals surface area contributed by atoms with Gasteiger partial charge in [-0.2, -0.15) is 0 Å². The molecule has 1 fully saturated rings. The van der Waals surface area contributed by atoms with E-state index in [0.717, 1.165) is 12.1 Å². The van der Waals surface area contributed by atoms with E-state index in [1.165, 1.54) is 17.0 Å². The van der Waals surface area contributed by atoms with Gasteiger partial charge in [0.05, 0.1) is 11.6 Å². The minimum atomic E-state index is -0.888.